The van der Waals surface area contributed by atoms with Gasteiger partial charge in [-0.3, -0.25) is 14.0 Å². The van der Waals surface area contributed by atoms with Crippen LogP contribution in [-0.2, 0) is 21.2 Å². The fourth-order valence-electron chi connectivity index (χ4n) is 4.64. The molecule has 33 heavy (non-hydrogen) atoms. The maximum absolute atomic E-state index is 13.3. The van der Waals surface area contributed by atoms with E-state index in [1.807, 2.05) is 24.3 Å². The van der Waals surface area contributed by atoms with Crippen molar-refractivity contribution >= 4 is 21.6 Å². The third-order valence-corrected chi connectivity index (χ3v) is 8.14. The Kier molecular flexibility index (Phi) is 7.36. The molecule has 0 saturated carbocycles. The number of rotatable bonds is 8. The average molecular weight is 472 g/mol. The average Bonchev–Trinajstić information content (AvgIpc) is 3.27. The molecule has 8 heteroatoms. The smallest absolute Gasteiger partial charge is 0.264 e. The van der Waals surface area contributed by atoms with E-state index >= 15 is 0 Å². The number of ether oxygens (including phenoxy) is 1. The minimum absolute atomic E-state index is 0.138. The molecule has 1 N–H and O–H groups in total. The van der Waals surface area contributed by atoms with Gasteiger partial charge in [0.25, 0.3) is 15.9 Å². The Morgan fingerprint density at radius 1 is 1.06 bits per heavy atom. The summed E-state index contributed by atoms with van der Waals surface area (Å²) in [7, 11) is -3.74. The van der Waals surface area contributed by atoms with Gasteiger partial charge >= 0.3 is 0 Å². The number of nitrogens with one attached hydrogen (secondary N) is 1. The molecule has 1 fully saturated rings. The van der Waals surface area contributed by atoms with Gasteiger partial charge in [0.15, 0.2) is 0 Å². The monoisotopic (exact) mass is 471 g/mol. The van der Waals surface area contributed by atoms with Gasteiger partial charge in [0.2, 0.25) is 0 Å². The first-order valence-electron chi connectivity index (χ1n) is 11.7. The number of fused-ring (bicyclic) bond motifs is 1. The van der Waals surface area contributed by atoms with E-state index in [4.69, 9.17) is 4.74 Å². The molecule has 2 aliphatic rings. The van der Waals surface area contributed by atoms with Crippen molar-refractivity contribution in [3.05, 3.63) is 59.7 Å². The molecule has 4 rings (SSSR count). The summed E-state index contributed by atoms with van der Waals surface area (Å²) >= 11 is 0. The number of nitrogens with zero attached hydrogens (tertiary/aromatic N) is 2. The van der Waals surface area contributed by atoms with Crippen molar-refractivity contribution < 1.29 is 17.9 Å². The Bertz CT molecular complexity index is 1080. The number of hydrogen-bond donors (Lipinski definition) is 1. The lowest BCUT2D eigenvalue weighted by Gasteiger charge is -2.35. The van der Waals surface area contributed by atoms with Crippen LogP contribution in [-0.4, -0.2) is 64.7 Å². The van der Waals surface area contributed by atoms with Crippen LogP contribution < -0.4 is 9.62 Å². The van der Waals surface area contributed by atoms with E-state index in [2.05, 4.69) is 24.1 Å². The Morgan fingerprint density at radius 2 is 1.82 bits per heavy atom. The lowest BCUT2D eigenvalue weighted by atomic mass is 10.0. The molecule has 0 radical (unpaired) electrons. The van der Waals surface area contributed by atoms with Gasteiger partial charge in [-0.2, -0.15) is 0 Å². The minimum atomic E-state index is -3.74. The Labute approximate surface area is 196 Å². The van der Waals surface area contributed by atoms with Crippen molar-refractivity contribution in [3.8, 4) is 0 Å². The molecular weight excluding hydrogens is 438 g/mol. The molecule has 0 spiro atoms. The lowest BCUT2D eigenvalue weighted by molar-refractivity contribution is 0.0124. The predicted molar refractivity (Wildman–Crippen MR) is 129 cm³/mol. The number of morpholine rings is 1. The van der Waals surface area contributed by atoms with Gasteiger partial charge in [-0.25, -0.2) is 8.42 Å². The second-order valence-electron chi connectivity index (χ2n) is 9.13. The van der Waals surface area contributed by atoms with Gasteiger partial charge in [-0.15, -0.1) is 0 Å². The fraction of sp³-hybridized carbons (Fsp3) is 0.480. The largest absolute Gasteiger partial charge is 0.379 e. The van der Waals surface area contributed by atoms with Crippen molar-refractivity contribution in [3.63, 3.8) is 0 Å². The van der Waals surface area contributed by atoms with Crippen LogP contribution in [0, 0.1) is 5.92 Å². The van der Waals surface area contributed by atoms with Crippen LogP contribution in [0.5, 0.6) is 0 Å². The van der Waals surface area contributed by atoms with Crippen LogP contribution in [0.2, 0.25) is 0 Å². The molecular formula is C25H33N3O4S. The van der Waals surface area contributed by atoms with Crippen LogP contribution in [0.25, 0.3) is 0 Å². The zero-order valence-electron chi connectivity index (χ0n) is 19.4. The number of carbonyl (C=O) groups excluding carboxylic acids is 1. The van der Waals surface area contributed by atoms with Crippen LogP contribution in [0.15, 0.2) is 53.4 Å². The summed E-state index contributed by atoms with van der Waals surface area (Å²) in [4.78, 5) is 15.5. The third-order valence-electron chi connectivity index (χ3n) is 6.33. The first kappa shape index (κ1) is 23.7. The normalized spacial score (nSPS) is 17.7. The molecule has 2 heterocycles. The standard InChI is InChI=1S/C25H33N3O4S/c1-19(2)16-22(27-12-14-32-15-13-27)18-26-25(29)21-7-5-8-23(17-21)33(30,31)28-11-10-20-6-3-4-9-24(20)28/h3-9,17,19,22H,10-16,18H2,1-2H3,(H,26,29). The quantitative estimate of drug-likeness (QED) is 0.641. The van der Waals surface area contributed by atoms with Gasteiger partial charge in [-0.05, 0) is 48.6 Å². The summed E-state index contributed by atoms with van der Waals surface area (Å²) in [5.74, 6) is 0.252. The molecule has 0 aromatic heterocycles. The van der Waals surface area contributed by atoms with E-state index in [1.54, 1.807) is 18.2 Å². The summed E-state index contributed by atoms with van der Waals surface area (Å²) < 4.78 is 33.6. The van der Waals surface area contributed by atoms with E-state index in [9.17, 15) is 13.2 Å². The molecule has 2 aromatic carbocycles. The van der Waals surface area contributed by atoms with E-state index in [0.29, 0.717) is 44.2 Å². The van der Waals surface area contributed by atoms with E-state index in [-0.39, 0.29) is 16.8 Å². The molecule has 2 aromatic rings. The highest BCUT2D eigenvalue weighted by atomic mass is 32.2. The number of amides is 1. The SMILES string of the molecule is CC(C)CC(CNC(=O)c1cccc(S(=O)(=O)N2CCc3ccccc32)c1)N1CCOCC1. The van der Waals surface area contributed by atoms with Gasteiger partial charge < -0.3 is 10.1 Å². The molecule has 1 atom stereocenters. The van der Waals surface area contributed by atoms with Crippen molar-refractivity contribution in [2.45, 2.75) is 37.6 Å². The van der Waals surface area contributed by atoms with Crippen molar-refractivity contribution in [1.82, 2.24) is 10.2 Å². The van der Waals surface area contributed by atoms with Crippen LogP contribution in [0.3, 0.4) is 0 Å². The van der Waals surface area contributed by atoms with E-state index in [0.717, 1.165) is 30.8 Å². The maximum atomic E-state index is 13.3. The number of benzene rings is 2. The number of carbonyl (C=O) groups is 1. The van der Waals surface area contributed by atoms with Crippen molar-refractivity contribution in [1.29, 1.82) is 0 Å². The summed E-state index contributed by atoms with van der Waals surface area (Å²) in [6.45, 7) is 8.43. The highest BCUT2D eigenvalue weighted by Crippen LogP contribution is 2.32. The topological polar surface area (TPSA) is 79.0 Å². The lowest BCUT2D eigenvalue weighted by Crippen LogP contribution is -2.49. The molecule has 178 valence electrons. The van der Waals surface area contributed by atoms with E-state index in [1.165, 1.54) is 10.4 Å². The summed E-state index contributed by atoms with van der Waals surface area (Å²) in [5, 5.41) is 3.04. The van der Waals surface area contributed by atoms with E-state index < -0.39 is 10.0 Å². The molecule has 2 aliphatic heterocycles. The Balaban J connectivity index is 1.47. The first-order chi connectivity index (χ1) is 15.9. The number of anilines is 1. The highest BCUT2D eigenvalue weighted by molar-refractivity contribution is 7.92. The third kappa shape index (κ3) is 5.39. The summed E-state index contributed by atoms with van der Waals surface area (Å²) in [5.41, 5.74) is 2.09. The second-order valence-corrected chi connectivity index (χ2v) is 11.0. The molecule has 1 unspecified atom stereocenters. The van der Waals surface area contributed by atoms with Crippen molar-refractivity contribution in [2.75, 3.05) is 43.7 Å². The minimum Gasteiger partial charge on any atom is -0.379 e. The first-order valence-corrected chi connectivity index (χ1v) is 13.1. The molecule has 7 nitrogen and oxygen atoms in total. The van der Waals surface area contributed by atoms with Gasteiger partial charge in [0.1, 0.15) is 0 Å². The van der Waals surface area contributed by atoms with Gasteiger partial charge in [0.05, 0.1) is 23.8 Å². The molecule has 1 amide bonds. The van der Waals surface area contributed by atoms with Crippen molar-refractivity contribution in [2.24, 2.45) is 5.92 Å². The Hall–Kier alpha value is -2.42. The highest BCUT2D eigenvalue weighted by Gasteiger charge is 2.31. The number of hydrogen-bond acceptors (Lipinski definition) is 5. The fourth-order valence-corrected chi connectivity index (χ4v) is 6.19. The van der Waals surface area contributed by atoms with Crippen LogP contribution in [0.4, 0.5) is 5.69 Å². The van der Waals surface area contributed by atoms with Gasteiger partial charge in [0, 0.05) is 37.8 Å². The van der Waals surface area contributed by atoms with Crippen LogP contribution in [0.1, 0.15) is 36.2 Å². The second kappa shape index (κ2) is 10.2. The number of para-hydroxylation sites is 1. The van der Waals surface area contributed by atoms with Crippen LogP contribution >= 0.6 is 0 Å². The predicted octanol–water partition coefficient (Wildman–Crippen LogP) is 2.91. The number of sulfonamides is 1. The Morgan fingerprint density at radius 3 is 2.58 bits per heavy atom. The summed E-state index contributed by atoms with van der Waals surface area (Å²) in [6.07, 6.45) is 1.66. The summed E-state index contributed by atoms with van der Waals surface area (Å²) in [6, 6.07) is 14.1. The zero-order valence-corrected chi connectivity index (χ0v) is 20.2. The molecule has 1 saturated heterocycles. The van der Waals surface area contributed by atoms with Gasteiger partial charge in [-0.1, -0.05) is 38.1 Å². The molecule has 0 bridgehead atoms. The zero-order chi connectivity index (χ0) is 23.4. The molecule has 0 aliphatic carbocycles. The maximum Gasteiger partial charge on any atom is 0.264 e.